The standard InChI is InChI=1S/C17H18N2O4/c1-22-11-7-8-13-12(9-11)14-15(18-17(21)23-16(14)20)19(13)10-5-3-2-4-6-10/h7-10H,2-6H2,1H3,(H,18,21). The van der Waals surface area contributed by atoms with Crippen LogP contribution in [0.1, 0.15) is 38.1 Å². The average Bonchev–Trinajstić information content (AvgIpc) is 2.88. The minimum Gasteiger partial charge on any atom is -0.497 e. The number of hydrogen-bond donors (Lipinski definition) is 1. The SMILES string of the molecule is COc1ccc2c(c1)c1c(=O)oc(=O)[nH]c1n2C1CCCCC1. The fourth-order valence-corrected chi connectivity index (χ4v) is 3.73. The molecule has 1 saturated carbocycles. The number of ether oxygens (including phenoxy) is 1. The van der Waals surface area contributed by atoms with Crippen LogP contribution < -0.4 is 16.1 Å². The number of aromatic amines is 1. The molecule has 0 radical (unpaired) electrons. The summed E-state index contributed by atoms with van der Waals surface area (Å²) in [6.45, 7) is 0. The molecule has 3 aromatic rings. The predicted molar refractivity (Wildman–Crippen MR) is 87.3 cm³/mol. The highest BCUT2D eigenvalue weighted by Crippen LogP contribution is 2.36. The topological polar surface area (TPSA) is 77.2 Å². The quantitative estimate of drug-likeness (QED) is 0.789. The summed E-state index contributed by atoms with van der Waals surface area (Å²) in [5, 5.41) is 1.18. The molecule has 1 fully saturated rings. The zero-order chi connectivity index (χ0) is 16.0. The fraction of sp³-hybridized carbons (Fsp3) is 0.412. The van der Waals surface area contributed by atoms with Crippen LogP contribution in [0.3, 0.4) is 0 Å². The van der Waals surface area contributed by atoms with Gasteiger partial charge < -0.3 is 13.7 Å². The predicted octanol–water partition coefficient (Wildman–Crippen LogP) is 2.95. The number of rotatable bonds is 2. The van der Waals surface area contributed by atoms with Crippen LogP contribution in [0.4, 0.5) is 0 Å². The van der Waals surface area contributed by atoms with E-state index in [4.69, 9.17) is 9.15 Å². The lowest BCUT2D eigenvalue weighted by Gasteiger charge is -2.24. The van der Waals surface area contributed by atoms with E-state index in [1.165, 1.54) is 6.42 Å². The monoisotopic (exact) mass is 314 g/mol. The summed E-state index contributed by atoms with van der Waals surface area (Å²) in [5.41, 5.74) is 0.889. The van der Waals surface area contributed by atoms with Gasteiger partial charge in [-0.1, -0.05) is 19.3 Å². The second kappa shape index (κ2) is 5.30. The van der Waals surface area contributed by atoms with Crippen LogP contribution in [0.15, 0.2) is 32.2 Å². The molecule has 2 aromatic heterocycles. The van der Waals surface area contributed by atoms with E-state index in [1.807, 2.05) is 18.2 Å². The first kappa shape index (κ1) is 14.1. The number of benzene rings is 1. The Balaban J connectivity index is 2.13. The van der Waals surface area contributed by atoms with Gasteiger partial charge in [-0.2, -0.15) is 0 Å². The number of H-pyrrole nitrogens is 1. The highest BCUT2D eigenvalue weighted by atomic mass is 16.5. The third-order valence-corrected chi connectivity index (χ3v) is 4.76. The summed E-state index contributed by atoms with van der Waals surface area (Å²) in [6.07, 6.45) is 5.65. The molecule has 2 heterocycles. The number of fused-ring (bicyclic) bond motifs is 3. The van der Waals surface area contributed by atoms with Crippen molar-refractivity contribution in [3.63, 3.8) is 0 Å². The van der Waals surface area contributed by atoms with Crippen LogP contribution in [0, 0.1) is 0 Å². The molecular weight excluding hydrogens is 296 g/mol. The van der Waals surface area contributed by atoms with Gasteiger partial charge in [0.15, 0.2) is 0 Å². The van der Waals surface area contributed by atoms with Crippen LogP contribution in [-0.4, -0.2) is 16.7 Å². The van der Waals surface area contributed by atoms with Gasteiger partial charge in [-0.05, 0) is 31.0 Å². The van der Waals surface area contributed by atoms with E-state index in [2.05, 4.69) is 9.55 Å². The first-order chi connectivity index (χ1) is 11.2. The summed E-state index contributed by atoms with van der Waals surface area (Å²) in [5.74, 6) is -0.0416. The lowest BCUT2D eigenvalue weighted by Crippen LogP contribution is -2.18. The number of aromatic nitrogens is 2. The van der Waals surface area contributed by atoms with Gasteiger partial charge in [0.25, 0.3) is 0 Å². The van der Waals surface area contributed by atoms with Crippen molar-refractivity contribution in [1.29, 1.82) is 0 Å². The van der Waals surface area contributed by atoms with Gasteiger partial charge in [0.2, 0.25) is 0 Å². The molecule has 4 rings (SSSR count). The molecule has 120 valence electrons. The Hall–Kier alpha value is -2.50. The van der Waals surface area contributed by atoms with Crippen LogP contribution >= 0.6 is 0 Å². The highest BCUT2D eigenvalue weighted by Gasteiger charge is 2.23. The van der Waals surface area contributed by atoms with Gasteiger partial charge in [-0.25, -0.2) is 9.59 Å². The lowest BCUT2D eigenvalue weighted by atomic mass is 9.95. The number of methoxy groups -OCH3 is 1. The Kier molecular flexibility index (Phi) is 3.25. The number of nitrogens with zero attached hydrogens (tertiary/aromatic N) is 1. The molecule has 6 nitrogen and oxygen atoms in total. The zero-order valence-corrected chi connectivity index (χ0v) is 12.9. The second-order valence-corrected chi connectivity index (χ2v) is 6.07. The molecular formula is C17H18N2O4. The number of hydrogen-bond acceptors (Lipinski definition) is 4. The van der Waals surface area contributed by atoms with E-state index in [1.54, 1.807) is 7.11 Å². The Labute approximate surface area is 131 Å². The maximum Gasteiger partial charge on any atom is 0.420 e. The van der Waals surface area contributed by atoms with E-state index >= 15 is 0 Å². The third kappa shape index (κ3) is 2.17. The first-order valence-electron chi connectivity index (χ1n) is 7.94. The molecule has 1 aliphatic rings. The maximum atomic E-state index is 12.3. The molecule has 0 amide bonds. The number of nitrogens with one attached hydrogen (secondary N) is 1. The molecule has 6 heteroatoms. The van der Waals surface area contributed by atoms with Crippen molar-refractivity contribution in [3.8, 4) is 5.75 Å². The van der Waals surface area contributed by atoms with Crippen molar-refractivity contribution < 1.29 is 9.15 Å². The summed E-state index contributed by atoms with van der Waals surface area (Å²) >= 11 is 0. The van der Waals surface area contributed by atoms with Gasteiger partial charge in [-0.3, -0.25) is 4.98 Å². The van der Waals surface area contributed by atoms with Gasteiger partial charge in [0, 0.05) is 11.4 Å². The van der Waals surface area contributed by atoms with E-state index < -0.39 is 11.4 Å². The van der Waals surface area contributed by atoms with Crippen LogP contribution in [0.5, 0.6) is 5.75 Å². The summed E-state index contributed by atoms with van der Waals surface area (Å²) < 4.78 is 12.1. The molecule has 1 aromatic carbocycles. The smallest absolute Gasteiger partial charge is 0.420 e. The first-order valence-corrected chi connectivity index (χ1v) is 7.94. The molecule has 0 unspecified atom stereocenters. The Morgan fingerprint density at radius 1 is 1.22 bits per heavy atom. The van der Waals surface area contributed by atoms with Crippen molar-refractivity contribution in [2.24, 2.45) is 0 Å². The van der Waals surface area contributed by atoms with Crippen LogP contribution in [-0.2, 0) is 0 Å². The lowest BCUT2D eigenvalue weighted by molar-refractivity contribution is 0.364. The molecule has 0 spiro atoms. The van der Waals surface area contributed by atoms with Crippen molar-refractivity contribution in [3.05, 3.63) is 39.2 Å². The molecule has 23 heavy (non-hydrogen) atoms. The largest absolute Gasteiger partial charge is 0.497 e. The third-order valence-electron chi connectivity index (χ3n) is 4.76. The molecule has 0 atom stereocenters. The van der Waals surface area contributed by atoms with E-state index in [0.29, 0.717) is 16.8 Å². The Bertz CT molecular complexity index is 989. The van der Waals surface area contributed by atoms with Crippen molar-refractivity contribution in [1.82, 2.24) is 9.55 Å². The molecule has 1 N–H and O–H groups in total. The minimum absolute atomic E-state index is 0.287. The van der Waals surface area contributed by atoms with E-state index in [0.717, 1.165) is 36.6 Å². The summed E-state index contributed by atoms with van der Waals surface area (Å²) in [6, 6.07) is 5.93. The molecule has 0 aliphatic heterocycles. The van der Waals surface area contributed by atoms with E-state index in [-0.39, 0.29) is 6.04 Å². The van der Waals surface area contributed by atoms with Gasteiger partial charge in [-0.15, -0.1) is 0 Å². The van der Waals surface area contributed by atoms with E-state index in [9.17, 15) is 9.59 Å². The van der Waals surface area contributed by atoms with Crippen molar-refractivity contribution in [2.45, 2.75) is 38.1 Å². The maximum absolute atomic E-state index is 12.3. The van der Waals surface area contributed by atoms with Crippen LogP contribution in [0.25, 0.3) is 21.9 Å². The van der Waals surface area contributed by atoms with Crippen molar-refractivity contribution >= 4 is 21.9 Å². The van der Waals surface area contributed by atoms with Crippen LogP contribution in [0.2, 0.25) is 0 Å². The Morgan fingerprint density at radius 2 is 2.00 bits per heavy atom. The molecule has 0 saturated heterocycles. The molecule has 1 aliphatic carbocycles. The fourth-order valence-electron chi connectivity index (χ4n) is 3.73. The van der Waals surface area contributed by atoms with Gasteiger partial charge >= 0.3 is 11.4 Å². The normalized spacial score (nSPS) is 16.2. The summed E-state index contributed by atoms with van der Waals surface area (Å²) in [4.78, 5) is 26.7. The zero-order valence-electron chi connectivity index (χ0n) is 12.9. The summed E-state index contributed by atoms with van der Waals surface area (Å²) in [7, 11) is 1.59. The molecule has 0 bridgehead atoms. The Morgan fingerprint density at radius 3 is 2.74 bits per heavy atom. The van der Waals surface area contributed by atoms with Gasteiger partial charge in [0.05, 0.1) is 12.6 Å². The van der Waals surface area contributed by atoms with Crippen molar-refractivity contribution in [2.75, 3.05) is 7.11 Å². The minimum atomic E-state index is -0.714. The average molecular weight is 314 g/mol. The second-order valence-electron chi connectivity index (χ2n) is 6.07. The highest BCUT2D eigenvalue weighted by molar-refractivity contribution is 6.06. The van der Waals surface area contributed by atoms with Gasteiger partial charge in [0.1, 0.15) is 16.8 Å².